The molecule has 1 aliphatic rings. The van der Waals surface area contributed by atoms with Gasteiger partial charge in [0.2, 0.25) is 0 Å². The van der Waals surface area contributed by atoms with E-state index in [1.165, 1.54) is 25.7 Å². The van der Waals surface area contributed by atoms with E-state index in [1.54, 1.807) is 0 Å². The number of likely N-dealkylation sites (N-methyl/N-ethyl adjacent to an activating group) is 1. The van der Waals surface area contributed by atoms with Crippen LogP contribution in [-0.2, 0) is 0 Å². The van der Waals surface area contributed by atoms with Crippen LogP contribution in [0.5, 0.6) is 0 Å². The maximum atomic E-state index is 10.2. The van der Waals surface area contributed by atoms with Crippen molar-refractivity contribution in [2.24, 2.45) is 11.3 Å². The minimum atomic E-state index is -0.128. The molecule has 0 aromatic carbocycles. The van der Waals surface area contributed by atoms with Crippen LogP contribution in [0.25, 0.3) is 0 Å². The molecule has 1 rings (SSSR count). The van der Waals surface area contributed by atoms with Gasteiger partial charge in [0.15, 0.2) is 0 Å². The van der Waals surface area contributed by atoms with Crippen LogP contribution in [0, 0.1) is 11.3 Å². The number of aliphatic hydroxyl groups excluding tert-OH is 1. The van der Waals surface area contributed by atoms with Crippen molar-refractivity contribution in [3.8, 4) is 0 Å². The van der Waals surface area contributed by atoms with Crippen LogP contribution in [-0.4, -0.2) is 35.7 Å². The maximum absolute atomic E-state index is 10.2. The Balaban J connectivity index is 2.40. The Hall–Kier alpha value is -0.0800. The zero-order chi connectivity index (χ0) is 12.3. The van der Waals surface area contributed by atoms with Crippen LogP contribution in [0.15, 0.2) is 0 Å². The number of rotatable bonds is 4. The molecule has 16 heavy (non-hydrogen) atoms. The molecule has 0 saturated heterocycles. The van der Waals surface area contributed by atoms with Gasteiger partial charge in [-0.1, -0.05) is 33.6 Å². The van der Waals surface area contributed by atoms with E-state index in [4.69, 9.17) is 0 Å². The number of hydrogen-bond acceptors (Lipinski definition) is 2. The van der Waals surface area contributed by atoms with Gasteiger partial charge in [-0.05, 0) is 38.1 Å². The van der Waals surface area contributed by atoms with Gasteiger partial charge in [-0.2, -0.15) is 0 Å². The van der Waals surface area contributed by atoms with E-state index in [0.29, 0.717) is 12.0 Å². The molecule has 0 bridgehead atoms. The Bertz CT molecular complexity index is 203. The summed E-state index contributed by atoms with van der Waals surface area (Å²) in [6.07, 6.45) is 4.93. The van der Waals surface area contributed by atoms with Gasteiger partial charge in [0, 0.05) is 12.6 Å². The average molecular weight is 227 g/mol. The van der Waals surface area contributed by atoms with Crippen LogP contribution < -0.4 is 0 Å². The second-order valence-corrected chi connectivity index (χ2v) is 6.59. The molecule has 0 aliphatic heterocycles. The average Bonchev–Trinajstić information content (AvgIpc) is 2.67. The first-order valence-corrected chi connectivity index (χ1v) is 6.70. The Labute approximate surface area is 101 Å². The second kappa shape index (κ2) is 5.50. The molecular weight excluding hydrogens is 198 g/mol. The summed E-state index contributed by atoms with van der Waals surface area (Å²) in [5.41, 5.74) is 0.282. The maximum Gasteiger partial charge on any atom is 0.0695 e. The molecule has 1 N–H and O–H groups in total. The molecular formula is C14H29NO. The first-order chi connectivity index (χ1) is 7.32. The van der Waals surface area contributed by atoms with Crippen LogP contribution in [0.1, 0.15) is 53.4 Å². The summed E-state index contributed by atoms with van der Waals surface area (Å²) < 4.78 is 0. The lowest BCUT2D eigenvalue weighted by Gasteiger charge is -2.37. The summed E-state index contributed by atoms with van der Waals surface area (Å²) in [6, 6.07) is 0.503. The zero-order valence-electron chi connectivity index (χ0n) is 11.7. The third-order valence-corrected chi connectivity index (χ3v) is 4.33. The SMILES string of the molecule is CC(N(C)CC(O)C1CCCC1)C(C)(C)C. The lowest BCUT2D eigenvalue weighted by molar-refractivity contribution is 0.0404. The quantitative estimate of drug-likeness (QED) is 0.798. The molecule has 2 atom stereocenters. The molecule has 0 spiro atoms. The van der Waals surface area contributed by atoms with E-state index in [0.717, 1.165) is 6.54 Å². The van der Waals surface area contributed by atoms with Gasteiger partial charge in [0.1, 0.15) is 0 Å². The number of aliphatic hydroxyl groups is 1. The summed E-state index contributed by atoms with van der Waals surface area (Å²) in [5.74, 6) is 0.551. The fourth-order valence-electron chi connectivity index (χ4n) is 2.61. The molecule has 2 heteroatoms. The molecule has 1 saturated carbocycles. The molecule has 2 nitrogen and oxygen atoms in total. The minimum absolute atomic E-state index is 0.128. The van der Waals surface area contributed by atoms with E-state index >= 15 is 0 Å². The summed E-state index contributed by atoms with van der Waals surface area (Å²) in [5, 5.41) is 10.2. The van der Waals surface area contributed by atoms with Crippen molar-refractivity contribution in [3.05, 3.63) is 0 Å². The van der Waals surface area contributed by atoms with Crippen LogP contribution >= 0.6 is 0 Å². The molecule has 0 amide bonds. The molecule has 0 aromatic rings. The highest BCUT2D eigenvalue weighted by molar-refractivity contribution is 4.82. The number of hydrogen-bond donors (Lipinski definition) is 1. The van der Waals surface area contributed by atoms with E-state index in [1.807, 2.05) is 0 Å². The Morgan fingerprint density at radius 3 is 2.19 bits per heavy atom. The first kappa shape index (κ1) is 14.0. The Morgan fingerprint density at radius 2 is 1.75 bits per heavy atom. The summed E-state index contributed by atoms with van der Waals surface area (Å²) in [7, 11) is 2.13. The van der Waals surface area contributed by atoms with E-state index in [-0.39, 0.29) is 11.5 Å². The van der Waals surface area contributed by atoms with E-state index < -0.39 is 0 Å². The standard InChI is InChI=1S/C14H29NO/c1-11(14(2,3)4)15(5)10-13(16)12-8-6-7-9-12/h11-13,16H,6-10H2,1-5H3. The number of nitrogens with zero attached hydrogens (tertiary/aromatic N) is 1. The van der Waals surface area contributed by atoms with Crippen molar-refractivity contribution in [1.82, 2.24) is 4.90 Å². The van der Waals surface area contributed by atoms with Gasteiger partial charge in [0.05, 0.1) is 6.10 Å². The van der Waals surface area contributed by atoms with Crippen LogP contribution in [0.3, 0.4) is 0 Å². The van der Waals surface area contributed by atoms with Crippen molar-refractivity contribution in [3.63, 3.8) is 0 Å². The monoisotopic (exact) mass is 227 g/mol. The molecule has 1 aliphatic carbocycles. The summed E-state index contributed by atoms with van der Waals surface area (Å²) in [4.78, 5) is 2.31. The fraction of sp³-hybridized carbons (Fsp3) is 1.00. The van der Waals surface area contributed by atoms with Crippen molar-refractivity contribution < 1.29 is 5.11 Å². The van der Waals surface area contributed by atoms with Crippen LogP contribution in [0.4, 0.5) is 0 Å². The highest BCUT2D eigenvalue weighted by Crippen LogP contribution is 2.29. The fourth-order valence-corrected chi connectivity index (χ4v) is 2.61. The lowest BCUT2D eigenvalue weighted by Crippen LogP contribution is -2.44. The van der Waals surface area contributed by atoms with Gasteiger partial charge < -0.3 is 10.0 Å². The summed E-state index contributed by atoms with van der Waals surface area (Å²) in [6.45, 7) is 9.85. The molecule has 0 heterocycles. The Morgan fingerprint density at radius 1 is 1.25 bits per heavy atom. The van der Waals surface area contributed by atoms with Gasteiger partial charge in [0.25, 0.3) is 0 Å². The molecule has 1 fully saturated rings. The normalized spacial score (nSPS) is 22.7. The van der Waals surface area contributed by atoms with Gasteiger partial charge >= 0.3 is 0 Å². The smallest absolute Gasteiger partial charge is 0.0695 e. The van der Waals surface area contributed by atoms with Crippen LogP contribution in [0.2, 0.25) is 0 Å². The van der Waals surface area contributed by atoms with Crippen molar-refractivity contribution in [2.75, 3.05) is 13.6 Å². The Kier molecular flexibility index (Phi) is 4.81. The van der Waals surface area contributed by atoms with Gasteiger partial charge in [-0.15, -0.1) is 0 Å². The molecule has 2 unspecified atom stereocenters. The zero-order valence-corrected chi connectivity index (χ0v) is 11.7. The molecule has 0 radical (unpaired) electrons. The highest BCUT2D eigenvalue weighted by Gasteiger charge is 2.28. The van der Waals surface area contributed by atoms with Crippen molar-refractivity contribution in [2.45, 2.75) is 65.5 Å². The molecule has 0 aromatic heterocycles. The third kappa shape index (κ3) is 3.74. The van der Waals surface area contributed by atoms with E-state index in [2.05, 4.69) is 39.6 Å². The minimum Gasteiger partial charge on any atom is -0.392 e. The predicted molar refractivity (Wildman–Crippen MR) is 69.5 cm³/mol. The highest BCUT2D eigenvalue weighted by atomic mass is 16.3. The molecule has 96 valence electrons. The van der Waals surface area contributed by atoms with Crippen molar-refractivity contribution in [1.29, 1.82) is 0 Å². The largest absolute Gasteiger partial charge is 0.392 e. The second-order valence-electron chi connectivity index (χ2n) is 6.59. The van der Waals surface area contributed by atoms with Gasteiger partial charge in [-0.25, -0.2) is 0 Å². The topological polar surface area (TPSA) is 23.5 Å². The summed E-state index contributed by atoms with van der Waals surface area (Å²) >= 11 is 0. The lowest BCUT2D eigenvalue weighted by atomic mass is 9.86. The first-order valence-electron chi connectivity index (χ1n) is 6.70. The van der Waals surface area contributed by atoms with Crippen molar-refractivity contribution >= 4 is 0 Å². The third-order valence-electron chi connectivity index (χ3n) is 4.33. The predicted octanol–water partition coefficient (Wildman–Crippen LogP) is 2.90. The van der Waals surface area contributed by atoms with E-state index in [9.17, 15) is 5.11 Å². The van der Waals surface area contributed by atoms with Gasteiger partial charge in [-0.3, -0.25) is 0 Å².